The molecule has 0 amide bonds. The van der Waals surface area contributed by atoms with Crippen molar-refractivity contribution in [1.29, 1.82) is 0 Å². The molecule has 3 rings (SSSR count). The quantitative estimate of drug-likeness (QED) is 0.707. The fourth-order valence-electron chi connectivity index (χ4n) is 2.94. The van der Waals surface area contributed by atoms with Crippen LogP contribution < -0.4 is 10.3 Å². The van der Waals surface area contributed by atoms with Crippen molar-refractivity contribution in [1.82, 2.24) is 9.78 Å². The number of hydrogen-bond acceptors (Lipinski definition) is 3. The first-order valence-electron chi connectivity index (χ1n) is 9.86. The van der Waals surface area contributed by atoms with E-state index in [1.807, 2.05) is 6.07 Å². The van der Waals surface area contributed by atoms with Crippen molar-refractivity contribution in [2.24, 2.45) is 13.0 Å². The lowest BCUT2D eigenvalue weighted by Gasteiger charge is -2.18. The summed E-state index contributed by atoms with van der Waals surface area (Å²) in [4.78, 5) is 11.6. The molecule has 4 nitrogen and oxygen atoms in total. The molecule has 0 aliphatic heterocycles. The number of rotatable bonds is 6. The van der Waals surface area contributed by atoms with Gasteiger partial charge in [0.2, 0.25) is 0 Å². The van der Waals surface area contributed by atoms with Gasteiger partial charge in [-0.05, 0) is 42.0 Å². The number of ether oxygens (including phenoxy) is 1. The summed E-state index contributed by atoms with van der Waals surface area (Å²) in [6.07, 6.45) is 10.4. The number of nitrogens with zero attached hydrogens (tertiary/aromatic N) is 2. The van der Waals surface area contributed by atoms with E-state index in [0.29, 0.717) is 5.75 Å². The van der Waals surface area contributed by atoms with Crippen LogP contribution in [0.15, 0.2) is 35.3 Å². The van der Waals surface area contributed by atoms with Gasteiger partial charge in [-0.25, -0.2) is 4.68 Å². The smallest absolute Gasteiger partial charge is 0.270 e. The summed E-state index contributed by atoms with van der Waals surface area (Å²) in [6, 6.07) is 7.61. The predicted octanol–water partition coefficient (Wildman–Crippen LogP) is 5.28. The standard InChI is InChI=1S/C17H22N2O2.C5H10/c1-4-6-13-8-9-15(10-14(13)7-5-2)21-16-11-17(20)19(3)18-12-16;1-5-3-2-4-5/h8-12H,4-7H2,1-3H3;5H,2-4H2,1H3. The van der Waals surface area contributed by atoms with Crippen LogP contribution in [0.3, 0.4) is 0 Å². The van der Waals surface area contributed by atoms with Crippen LogP contribution in [0.2, 0.25) is 0 Å². The summed E-state index contributed by atoms with van der Waals surface area (Å²) >= 11 is 0. The molecular weight excluding hydrogens is 324 g/mol. The molecule has 1 saturated carbocycles. The van der Waals surface area contributed by atoms with E-state index in [-0.39, 0.29) is 5.56 Å². The van der Waals surface area contributed by atoms with E-state index in [9.17, 15) is 4.79 Å². The first kappa shape index (κ1) is 20.2. The third-order valence-electron chi connectivity index (χ3n) is 4.79. The highest BCUT2D eigenvalue weighted by atomic mass is 16.5. The molecule has 0 spiro atoms. The van der Waals surface area contributed by atoms with Gasteiger partial charge < -0.3 is 4.74 Å². The minimum absolute atomic E-state index is 0.177. The molecule has 1 aromatic heterocycles. The normalized spacial score (nSPS) is 13.5. The number of hydrogen-bond donors (Lipinski definition) is 0. The summed E-state index contributed by atoms with van der Waals surface area (Å²) in [5.74, 6) is 2.30. The van der Waals surface area contributed by atoms with Crippen LogP contribution in [0.25, 0.3) is 0 Å². The van der Waals surface area contributed by atoms with Crippen molar-refractivity contribution >= 4 is 0 Å². The highest BCUT2D eigenvalue weighted by Crippen LogP contribution is 2.25. The van der Waals surface area contributed by atoms with E-state index < -0.39 is 0 Å². The SMILES string of the molecule is CC1CCC1.CCCc1ccc(Oc2cnn(C)c(=O)c2)cc1CCC. The van der Waals surface area contributed by atoms with Gasteiger partial charge in [0.25, 0.3) is 5.56 Å². The van der Waals surface area contributed by atoms with Crippen LogP contribution in [0.1, 0.15) is 64.0 Å². The molecular formula is C22H32N2O2. The van der Waals surface area contributed by atoms with E-state index in [0.717, 1.165) is 37.4 Å². The fraction of sp³-hybridized carbons (Fsp3) is 0.545. The van der Waals surface area contributed by atoms with Gasteiger partial charge in [0.1, 0.15) is 5.75 Å². The molecule has 0 unspecified atom stereocenters. The molecule has 0 N–H and O–H groups in total. The zero-order valence-corrected chi connectivity index (χ0v) is 16.6. The van der Waals surface area contributed by atoms with Crippen LogP contribution in [0.5, 0.6) is 11.5 Å². The minimum Gasteiger partial charge on any atom is -0.455 e. The Labute approximate surface area is 157 Å². The molecule has 0 atom stereocenters. The molecule has 1 aromatic carbocycles. The van der Waals surface area contributed by atoms with Crippen LogP contribution in [-0.4, -0.2) is 9.78 Å². The maximum absolute atomic E-state index is 11.6. The lowest BCUT2D eigenvalue weighted by atomic mass is 9.88. The van der Waals surface area contributed by atoms with Crippen molar-refractivity contribution in [3.63, 3.8) is 0 Å². The predicted molar refractivity (Wildman–Crippen MR) is 107 cm³/mol. The van der Waals surface area contributed by atoms with Crippen LogP contribution >= 0.6 is 0 Å². The molecule has 1 aliphatic carbocycles. The summed E-state index contributed by atoms with van der Waals surface area (Å²) in [5.41, 5.74) is 2.53. The van der Waals surface area contributed by atoms with Crippen molar-refractivity contribution in [2.45, 2.75) is 65.7 Å². The largest absolute Gasteiger partial charge is 0.455 e. The molecule has 26 heavy (non-hydrogen) atoms. The summed E-state index contributed by atoms with van der Waals surface area (Å²) in [7, 11) is 1.62. The van der Waals surface area contributed by atoms with Crippen molar-refractivity contribution in [2.75, 3.05) is 0 Å². The summed E-state index contributed by atoms with van der Waals surface area (Å²) in [6.45, 7) is 6.67. The van der Waals surface area contributed by atoms with Crippen molar-refractivity contribution in [3.05, 3.63) is 51.9 Å². The maximum Gasteiger partial charge on any atom is 0.270 e. The van der Waals surface area contributed by atoms with Crippen molar-refractivity contribution < 1.29 is 4.74 Å². The van der Waals surface area contributed by atoms with Gasteiger partial charge in [0.05, 0.1) is 6.20 Å². The van der Waals surface area contributed by atoms with E-state index in [1.165, 1.54) is 41.1 Å². The third kappa shape index (κ3) is 6.01. The highest BCUT2D eigenvalue weighted by Gasteiger charge is 2.09. The maximum atomic E-state index is 11.6. The third-order valence-corrected chi connectivity index (χ3v) is 4.79. The zero-order chi connectivity index (χ0) is 18.9. The molecule has 2 aromatic rings. The summed E-state index contributed by atoms with van der Waals surface area (Å²) < 4.78 is 7.04. The van der Waals surface area contributed by atoms with Gasteiger partial charge in [0.15, 0.2) is 5.75 Å². The Morgan fingerprint density at radius 2 is 1.73 bits per heavy atom. The molecule has 4 heteroatoms. The molecule has 0 saturated heterocycles. The lowest BCUT2D eigenvalue weighted by Crippen LogP contribution is -2.17. The van der Waals surface area contributed by atoms with Gasteiger partial charge >= 0.3 is 0 Å². The first-order valence-corrected chi connectivity index (χ1v) is 9.86. The Kier molecular flexibility index (Phi) is 7.89. The van der Waals surface area contributed by atoms with Crippen LogP contribution in [0.4, 0.5) is 0 Å². The summed E-state index contributed by atoms with van der Waals surface area (Å²) in [5, 5.41) is 3.96. The number of aromatic nitrogens is 2. The second-order valence-electron chi connectivity index (χ2n) is 7.22. The van der Waals surface area contributed by atoms with Gasteiger partial charge in [-0.15, -0.1) is 0 Å². The number of benzene rings is 1. The molecule has 142 valence electrons. The average Bonchev–Trinajstić information content (AvgIpc) is 2.60. The second-order valence-corrected chi connectivity index (χ2v) is 7.22. The Hall–Kier alpha value is -2.10. The van der Waals surface area contributed by atoms with Gasteiger partial charge in [0, 0.05) is 13.1 Å². The average molecular weight is 357 g/mol. The lowest BCUT2D eigenvalue weighted by molar-refractivity contribution is 0.346. The monoisotopic (exact) mass is 356 g/mol. The Bertz CT molecular complexity index is 748. The topological polar surface area (TPSA) is 44.1 Å². The van der Waals surface area contributed by atoms with Crippen LogP contribution in [0, 0.1) is 5.92 Å². The van der Waals surface area contributed by atoms with E-state index in [1.54, 1.807) is 13.2 Å². The van der Waals surface area contributed by atoms with E-state index >= 15 is 0 Å². The Balaban J connectivity index is 0.000000417. The molecule has 0 radical (unpaired) electrons. The first-order chi connectivity index (χ1) is 12.5. The van der Waals surface area contributed by atoms with Gasteiger partial charge in [-0.1, -0.05) is 58.9 Å². The minimum atomic E-state index is -0.177. The molecule has 0 bridgehead atoms. The highest BCUT2D eigenvalue weighted by molar-refractivity contribution is 5.38. The van der Waals surface area contributed by atoms with E-state index in [4.69, 9.17) is 4.74 Å². The Morgan fingerprint density at radius 3 is 2.27 bits per heavy atom. The van der Waals surface area contributed by atoms with Crippen molar-refractivity contribution in [3.8, 4) is 11.5 Å². The molecule has 1 aliphatic rings. The van der Waals surface area contributed by atoms with Crippen LogP contribution in [-0.2, 0) is 19.9 Å². The van der Waals surface area contributed by atoms with Gasteiger partial charge in [-0.2, -0.15) is 5.10 Å². The zero-order valence-electron chi connectivity index (χ0n) is 16.6. The second kappa shape index (κ2) is 10.1. The van der Waals surface area contributed by atoms with Gasteiger partial charge in [-0.3, -0.25) is 4.79 Å². The molecule has 1 fully saturated rings. The number of aryl methyl sites for hydroxylation is 3. The molecule has 1 heterocycles. The van der Waals surface area contributed by atoms with E-state index in [2.05, 4.69) is 38.0 Å². The Morgan fingerprint density at radius 1 is 1.08 bits per heavy atom. The fourth-order valence-corrected chi connectivity index (χ4v) is 2.94.